The van der Waals surface area contributed by atoms with Crippen LogP contribution in [0, 0.1) is 0 Å². The zero-order chi connectivity index (χ0) is 20.3. The van der Waals surface area contributed by atoms with E-state index in [1.165, 1.54) is 0 Å². The minimum atomic E-state index is -0.378. The molecule has 0 radical (unpaired) electrons. The summed E-state index contributed by atoms with van der Waals surface area (Å²) in [7, 11) is 0. The Morgan fingerprint density at radius 2 is 1.96 bits per heavy atom. The van der Waals surface area contributed by atoms with Crippen molar-refractivity contribution in [2.45, 2.75) is 71.8 Å². The first kappa shape index (κ1) is 20.3. The fourth-order valence-electron chi connectivity index (χ4n) is 3.89. The van der Waals surface area contributed by atoms with E-state index < -0.39 is 0 Å². The van der Waals surface area contributed by atoms with Crippen LogP contribution in [0.5, 0.6) is 0 Å². The van der Waals surface area contributed by atoms with Gasteiger partial charge in [-0.1, -0.05) is 12.1 Å². The number of ether oxygens (including phenoxy) is 1. The number of carbonyl (C=O) groups is 2. The van der Waals surface area contributed by atoms with Gasteiger partial charge in [0.1, 0.15) is 18.5 Å². The third-order valence-electron chi connectivity index (χ3n) is 5.07. The van der Waals surface area contributed by atoms with Gasteiger partial charge in [-0.25, -0.2) is 4.98 Å². The van der Waals surface area contributed by atoms with Crippen molar-refractivity contribution < 1.29 is 14.3 Å². The van der Waals surface area contributed by atoms with Gasteiger partial charge in [-0.05, 0) is 52.7 Å². The van der Waals surface area contributed by atoms with Crippen LogP contribution < -0.4 is 5.32 Å². The summed E-state index contributed by atoms with van der Waals surface area (Å²) in [6.07, 6.45) is 1.28. The van der Waals surface area contributed by atoms with E-state index in [1.54, 1.807) is 0 Å². The second-order valence-corrected chi connectivity index (χ2v) is 7.81. The van der Waals surface area contributed by atoms with Gasteiger partial charge in [-0.15, -0.1) is 0 Å². The van der Waals surface area contributed by atoms with Crippen molar-refractivity contribution in [3.05, 3.63) is 30.1 Å². The number of hydrogen-bond donors (Lipinski definition) is 1. The first-order valence-corrected chi connectivity index (χ1v) is 10.0. The molecule has 1 aromatic carbocycles. The van der Waals surface area contributed by atoms with Crippen molar-refractivity contribution in [2.75, 3.05) is 6.61 Å². The molecule has 7 heteroatoms. The maximum atomic E-state index is 13.0. The van der Waals surface area contributed by atoms with Crippen molar-refractivity contribution in [1.29, 1.82) is 0 Å². The summed E-state index contributed by atoms with van der Waals surface area (Å²) in [6, 6.07) is 7.96. The molecule has 2 heterocycles. The van der Waals surface area contributed by atoms with E-state index in [0.717, 1.165) is 23.9 Å². The van der Waals surface area contributed by atoms with Gasteiger partial charge in [0, 0.05) is 18.7 Å². The third kappa shape index (κ3) is 4.35. The van der Waals surface area contributed by atoms with Crippen molar-refractivity contribution in [1.82, 2.24) is 19.8 Å². The van der Waals surface area contributed by atoms with E-state index in [4.69, 9.17) is 4.74 Å². The molecule has 2 aromatic rings. The number of rotatable bonds is 7. The topological polar surface area (TPSA) is 76.5 Å². The van der Waals surface area contributed by atoms with Crippen molar-refractivity contribution in [3.63, 3.8) is 0 Å². The Kier molecular flexibility index (Phi) is 6.34. The SMILES string of the molecule is CC(C)N(C(=O)Cn1c(CNC(=O)C2CCCO2)nc2ccccc21)C(C)C. The molecule has 1 fully saturated rings. The number of para-hydroxylation sites is 2. The maximum Gasteiger partial charge on any atom is 0.249 e. The zero-order valence-corrected chi connectivity index (χ0v) is 17.1. The first-order chi connectivity index (χ1) is 13.4. The smallest absolute Gasteiger partial charge is 0.249 e. The number of nitrogens with one attached hydrogen (secondary N) is 1. The lowest BCUT2D eigenvalue weighted by atomic mass is 10.2. The molecule has 0 saturated carbocycles. The molecular formula is C21H30N4O3. The fourth-order valence-corrected chi connectivity index (χ4v) is 3.89. The van der Waals surface area contributed by atoms with Crippen molar-refractivity contribution in [2.24, 2.45) is 0 Å². The number of fused-ring (bicyclic) bond motifs is 1. The summed E-state index contributed by atoms with van der Waals surface area (Å²) in [4.78, 5) is 31.8. The van der Waals surface area contributed by atoms with Crippen LogP contribution in [0.1, 0.15) is 46.4 Å². The number of nitrogens with zero attached hydrogens (tertiary/aromatic N) is 3. The Morgan fingerprint density at radius 3 is 2.61 bits per heavy atom. The highest BCUT2D eigenvalue weighted by Crippen LogP contribution is 2.18. The fraction of sp³-hybridized carbons (Fsp3) is 0.571. The maximum absolute atomic E-state index is 13.0. The molecule has 1 aliphatic rings. The standard InChI is InChI=1S/C21H30N4O3/c1-14(2)25(15(3)4)20(26)13-24-17-9-6-5-8-16(17)23-19(24)12-22-21(27)18-10-7-11-28-18/h5-6,8-9,14-15,18H,7,10-13H2,1-4H3,(H,22,27). The molecule has 28 heavy (non-hydrogen) atoms. The Bertz CT molecular complexity index is 829. The molecule has 1 atom stereocenters. The molecule has 3 rings (SSSR count). The number of aromatic nitrogens is 2. The molecule has 1 aromatic heterocycles. The molecular weight excluding hydrogens is 356 g/mol. The Hall–Kier alpha value is -2.41. The summed E-state index contributed by atoms with van der Waals surface area (Å²) < 4.78 is 7.35. The summed E-state index contributed by atoms with van der Waals surface area (Å²) in [6.45, 7) is 9.18. The van der Waals surface area contributed by atoms with Crippen LogP contribution in [-0.4, -0.2) is 51.1 Å². The monoisotopic (exact) mass is 386 g/mol. The van der Waals surface area contributed by atoms with Gasteiger partial charge in [0.15, 0.2) is 0 Å². The quantitative estimate of drug-likeness (QED) is 0.793. The Morgan fingerprint density at radius 1 is 1.25 bits per heavy atom. The molecule has 2 amide bonds. The predicted molar refractivity (Wildman–Crippen MR) is 108 cm³/mol. The van der Waals surface area contributed by atoms with Crippen molar-refractivity contribution >= 4 is 22.8 Å². The number of hydrogen-bond acceptors (Lipinski definition) is 4. The van der Waals surface area contributed by atoms with Gasteiger partial charge in [0.25, 0.3) is 0 Å². The molecule has 1 saturated heterocycles. The third-order valence-corrected chi connectivity index (χ3v) is 5.07. The van der Waals surface area contributed by atoms with E-state index >= 15 is 0 Å². The average Bonchev–Trinajstić information content (AvgIpc) is 3.28. The Balaban J connectivity index is 1.82. The summed E-state index contributed by atoms with van der Waals surface area (Å²) in [5, 5.41) is 2.92. The zero-order valence-electron chi connectivity index (χ0n) is 17.1. The second-order valence-electron chi connectivity index (χ2n) is 7.81. The molecule has 0 aliphatic carbocycles. The highest BCUT2D eigenvalue weighted by molar-refractivity contribution is 5.82. The Labute approximate surface area is 166 Å². The number of imidazole rings is 1. The highest BCUT2D eigenvalue weighted by atomic mass is 16.5. The summed E-state index contributed by atoms with van der Waals surface area (Å²) in [5.41, 5.74) is 1.71. The largest absolute Gasteiger partial charge is 0.368 e. The second kappa shape index (κ2) is 8.73. The molecule has 1 aliphatic heterocycles. The van der Waals surface area contributed by atoms with Crippen LogP contribution in [0.25, 0.3) is 11.0 Å². The molecule has 1 unspecified atom stereocenters. The number of amides is 2. The van der Waals surface area contributed by atoms with Gasteiger partial charge >= 0.3 is 0 Å². The molecule has 0 spiro atoms. The van der Waals surface area contributed by atoms with Crippen LogP contribution >= 0.6 is 0 Å². The van der Waals surface area contributed by atoms with Gasteiger partial charge < -0.3 is 19.5 Å². The lowest BCUT2D eigenvalue weighted by Crippen LogP contribution is -2.44. The van der Waals surface area contributed by atoms with E-state index in [0.29, 0.717) is 12.4 Å². The molecule has 0 bridgehead atoms. The average molecular weight is 386 g/mol. The number of carbonyl (C=O) groups excluding carboxylic acids is 2. The normalized spacial score (nSPS) is 16.9. The van der Waals surface area contributed by atoms with Crippen LogP contribution in [0.2, 0.25) is 0 Å². The molecule has 152 valence electrons. The summed E-state index contributed by atoms with van der Waals surface area (Å²) in [5.74, 6) is 0.599. The summed E-state index contributed by atoms with van der Waals surface area (Å²) >= 11 is 0. The van der Waals surface area contributed by atoms with E-state index in [9.17, 15) is 9.59 Å². The van der Waals surface area contributed by atoms with Crippen LogP contribution in [-0.2, 0) is 27.4 Å². The van der Waals surface area contributed by atoms with Gasteiger partial charge in [0.2, 0.25) is 11.8 Å². The van der Waals surface area contributed by atoms with E-state index in [2.05, 4.69) is 10.3 Å². The van der Waals surface area contributed by atoms with Gasteiger partial charge in [-0.2, -0.15) is 0 Å². The van der Waals surface area contributed by atoms with Crippen LogP contribution in [0.4, 0.5) is 0 Å². The van der Waals surface area contributed by atoms with Crippen LogP contribution in [0.3, 0.4) is 0 Å². The predicted octanol–water partition coefficient (Wildman–Crippen LogP) is 2.48. The highest BCUT2D eigenvalue weighted by Gasteiger charge is 2.25. The van der Waals surface area contributed by atoms with E-state index in [1.807, 2.05) is 61.4 Å². The molecule has 1 N–H and O–H groups in total. The van der Waals surface area contributed by atoms with Gasteiger partial charge in [-0.3, -0.25) is 9.59 Å². The van der Waals surface area contributed by atoms with Crippen molar-refractivity contribution in [3.8, 4) is 0 Å². The molecule has 7 nitrogen and oxygen atoms in total. The lowest BCUT2D eigenvalue weighted by Gasteiger charge is -2.31. The lowest BCUT2D eigenvalue weighted by molar-refractivity contribution is -0.135. The number of benzene rings is 1. The minimum Gasteiger partial charge on any atom is -0.368 e. The van der Waals surface area contributed by atoms with Gasteiger partial charge in [0.05, 0.1) is 17.6 Å². The van der Waals surface area contributed by atoms with Crippen LogP contribution in [0.15, 0.2) is 24.3 Å². The minimum absolute atomic E-state index is 0.0415. The first-order valence-electron chi connectivity index (χ1n) is 10.0. The van der Waals surface area contributed by atoms with E-state index in [-0.39, 0.29) is 43.1 Å².